The molecule has 0 unspecified atom stereocenters. The van der Waals surface area contributed by atoms with E-state index in [2.05, 4.69) is 29.0 Å². The van der Waals surface area contributed by atoms with Crippen LogP contribution in [0.4, 0.5) is 0 Å². The van der Waals surface area contributed by atoms with E-state index in [0.29, 0.717) is 10.8 Å². The molecular formula is C14H19N5S. The van der Waals surface area contributed by atoms with E-state index in [1.165, 1.54) is 0 Å². The van der Waals surface area contributed by atoms with Crippen LogP contribution >= 0.6 is 12.2 Å². The van der Waals surface area contributed by atoms with Gasteiger partial charge in [0.05, 0.1) is 11.3 Å². The van der Waals surface area contributed by atoms with E-state index in [4.69, 9.17) is 18.0 Å². The lowest BCUT2D eigenvalue weighted by atomic mass is 10.0. The first-order valence-electron chi connectivity index (χ1n) is 6.84. The van der Waals surface area contributed by atoms with Crippen molar-refractivity contribution in [2.24, 2.45) is 5.73 Å². The highest BCUT2D eigenvalue weighted by molar-refractivity contribution is 7.80. The molecule has 0 spiro atoms. The molecular weight excluding hydrogens is 270 g/mol. The largest absolute Gasteiger partial charge is 0.389 e. The molecule has 0 amide bonds. The molecule has 0 aliphatic heterocycles. The third kappa shape index (κ3) is 2.43. The first kappa shape index (κ1) is 14.6. The molecule has 2 N–H and O–H groups in total. The summed E-state index contributed by atoms with van der Waals surface area (Å²) in [5.41, 5.74) is 8.80. The summed E-state index contributed by atoms with van der Waals surface area (Å²) in [6.07, 6.45) is 6.08. The molecule has 0 radical (unpaired) electrons. The van der Waals surface area contributed by atoms with Gasteiger partial charge in [0, 0.05) is 18.8 Å². The standard InChI is InChI=1S/C14H19N5S/c1-4-9-10(5-2)17-18-14(12(9)13(15)20)19-8-7-16-11(19)6-3/h7-8H,4-6H2,1-3H3,(H2,15,20). The summed E-state index contributed by atoms with van der Waals surface area (Å²) in [5.74, 6) is 1.60. The molecule has 20 heavy (non-hydrogen) atoms. The maximum Gasteiger partial charge on any atom is 0.171 e. The van der Waals surface area contributed by atoms with Crippen LogP contribution in [0, 0.1) is 0 Å². The lowest BCUT2D eigenvalue weighted by molar-refractivity contribution is 0.800. The smallest absolute Gasteiger partial charge is 0.171 e. The minimum Gasteiger partial charge on any atom is -0.389 e. The Morgan fingerprint density at radius 3 is 2.50 bits per heavy atom. The Morgan fingerprint density at radius 2 is 1.95 bits per heavy atom. The van der Waals surface area contributed by atoms with Crippen molar-refractivity contribution in [3.63, 3.8) is 0 Å². The molecule has 2 aromatic rings. The molecule has 0 atom stereocenters. The van der Waals surface area contributed by atoms with Crippen LogP contribution in [0.3, 0.4) is 0 Å². The van der Waals surface area contributed by atoms with Gasteiger partial charge in [-0.2, -0.15) is 5.10 Å². The summed E-state index contributed by atoms with van der Waals surface area (Å²) in [5, 5.41) is 8.66. The van der Waals surface area contributed by atoms with Gasteiger partial charge >= 0.3 is 0 Å². The zero-order valence-corrected chi connectivity index (χ0v) is 12.9. The predicted molar refractivity (Wildman–Crippen MR) is 83.2 cm³/mol. The number of thiocarbonyl (C=S) groups is 1. The first-order chi connectivity index (χ1) is 9.63. The fraction of sp³-hybridized carbons (Fsp3) is 0.429. The van der Waals surface area contributed by atoms with E-state index in [9.17, 15) is 0 Å². The number of nitrogens with zero attached hydrogens (tertiary/aromatic N) is 4. The third-order valence-electron chi connectivity index (χ3n) is 3.34. The van der Waals surface area contributed by atoms with Crippen LogP contribution in [-0.2, 0) is 19.3 Å². The Hall–Kier alpha value is -1.82. The average molecular weight is 289 g/mol. The third-order valence-corrected chi connectivity index (χ3v) is 3.54. The van der Waals surface area contributed by atoms with Crippen LogP contribution in [-0.4, -0.2) is 24.7 Å². The zero-order valence-electron chi connectivity index (χ0n) is 12.1. The monoisotopic (exact) mass is 289 g/mol. The maximum atomic E-state index is 5.94. The number of nitrogens with two attached hydrogens (primary N) is 1. The second-order valence-electron chi connectivity index (χ2n) is 4.46. The summed E-state index contributed by atoms with van der Waals surface area (Å²) < 4.78 is 1.92. The summed E-state index contributed by atoms with van der Waals surface area (Å²) in [4.78, 5) is 4.68. The molecule has 2 heterocycles. The van der Waals surface area contributed by atoms with Crippen LogP contribution in [0.1, 0.15) is 43.4 Å². The molecule has 2 rings (SSSR count). The van der Waals surface area contributed by atoms with Gasteiger partial charge in [0.2, 0.25) is 0 Å². The SMILES string of the molecule is CCc1nnc(-n2ccnc2CC)c(C(N)=S)c1CC. The van der Waals surface area contributed by atoms with Crippen molar-refractivity contribution in [2.75, 3.05) is 0 Å². The summed E-state index contributed by atoms with van der Waals surface area (Å²) in [6.45, 7) is 6.19. The van der Waals surface area contributed by atoms with E-state index in [-0.39, 0.29) is 0 Å². The highest BCUT2D eigenvalue weighted by atomic mass is 32.1. The minimum atomic E-state index is 0.359. The Morgan fingerprint density at radius 1 is 1.20 bits per heavy atom. The van der Waals surface area contributed by atoms with Crippen molar-refractivity contribution in [1.82, 2.24) is 19.7 Å². The number of rotatable bonds is 5. The Balaban J connectivity index is 2.74. The fourth-order valence-corrected chi connectivity index (χ4v) is 2.59. The normalized spacial score (nSPS) is 10.8. The van der Waals surface area contributed by atoms with Gasteiger partial charge < -0.3 is 5.73 Å². The highest BCUT2D eigenvalue weighted by Gasteiger charge is 2.19. The van der Waals surface area contributed by atoms with Crippen LogP contribution in [0.2, 0.25) is 0 Å². The van der Waals surface area contributed by atoms with Crippen molar-refractivity contribution >= 4 is 17.2 Å². The molecule has 0 saturated carbocycles. The van der Waals surface area contributed by atoms with Gasteiger partial charge in [-0.1, -0.05) is 33.0 Å². The van der Waals surface area contributed by atoms with Crippen molar-refractivity contribution in [3.05, 3.63) is 35.0 Å². The van der Waals surface area contributed by atoms with Crippen molar-refractivity contribution in [3.8, 4) is 5.82 Å². The van der Waals surface area contributed by atoms with E-state index >= 15 is 0 Å². The lowest BCUT2D eigenvalue weighted by Crippen LogP contribution is -2.20. The Kier molecular flexibility index (Phi) is 4.44. The zero-order chi connectivity index (χ0) is 14.7. The molecule has 0 aromatic carbocycles. The quantitative estimate of drug-likeness (QED) is 0.852. The second kappa shape index (κ2) is 6.09. The van der Waals surface area contributed by atoms with Gasteiger partial charge in [-0.3, -0.25) is 4.57 Å². The molecule has 2 aromatic heterocycles. The van der Waals surface area contributed by atoms with Crippen LogP contribution < -0.4 is 5.73 Å². The Bertz CT molecular complexity index is 632. The van der Waals surface area contributed by atoms with Gasteiger partial charge in [0.15, 0.2) is 5.82 Å². The van der Waals surface area contributed by atoms with Crippen LogP contribution in [0.15, 0.2) is 12.4 Å². The molecule has 0 aliphatic carbocycles. The van der Waals surface area contributed by atoms with Crippen molar-refractivity contribution < 1.29 is 0 Å². The van der Waals surface area contributed by atoms with E-state index < -0.39 is 0 Å². The predicted octanol–water partition coefficient (Wildman–Crippen LogP) is 1.98. The topological polar surface area (TPSA) is 69.6 Å². The van der Waals surface area contributed by atoms with E-state index in [1.54, 1.807) is 6.20 Å². The summed E-state index contributed by atoms with van der Waals surface area (Å²) in [7, 11) is 0. The molecule has 0 fully saturated rings. The van der Waals surface area contributed by atoms with Crippen LogP contribution in [0.25, 0.3) is 5.82 Å². The van der Waals surface area contributed by atoms with E-state index in [1.807, 2.05) is 17.7 Å². The van der Waals surface area contributed by atoms with Crippen LogP contribution in [0.5, 0.6) is 0 Å². The fourth-order valence-electron chi connectivity index (χ4n) is 2.38. The number of imidazole rings is 1. The number of hydrogen-bond donors (Lipinski definition) is 1. The van der Waals surface area contributed by atoms with Gasteiger partial charge in [0.1, 0.15) is 10.8 Å². The van der Waals surface area contributed by atoms with Gasteiger partial charge in [-0.05, 0) is 18.4 Å². The number of aryl methyl sites for hydroxylation is 2. The second-order valence-corrected chi connectivity index (χ2v) is 4.90. The van der Waals surface area contributed by atoms with Crippen molar-refractivity contribution in [1.29, 1.82) is 0 Å². The first-order valence-corrected chi connectivity index (χ1v) is 7.25. The Labute approximate surface area is 124 Å². The maximum absolute atomic E-state index is 5.94. The van der Waals surface area contributed by atoms with Gasteiger partial charge in [-0.25, -0.2) is 4.98 Å². The molecule has 6 heteroatoms. The van der Waals surface area contributed by atoms with Crippen molar-refractivity contribution in [2.45, 2.75) is 40.0 Å². The molecule has 5 nitrogen and oxygen atoms in total. The minimum absolute atomic E-state index is 0.359. The number of hydrogen-bond acceptors (Lipinski definition) is 4. The molecule has 0 saturated heterocycles. The highest BCUT2D eigenvalue weighted by Crippen LogP contribution is 2.21. The molecule has 106 valence electrons. The van der Waals surface area contributed by atoms with Gasteiger partial charge in [-0.15, -0.1) is 5.10 Å². The average Bonchev–Trinajstić information content (AvgIpc) is 2.93. The summed E-state index contributed by atoms with van der Waals surface area (Å²) in [6, 6.07) is 0. The molecule has 0 bridgehead atoms. The summed E-state index contributed by atoms with van der Waals surface area (Å²) >= 11 is 5.24. The number of aromatic nitrogens is 4. The van der Waals surface area contributed by atoms with E-state index in [0.717, 1.165) is 41.9 Å². The van der Waals surface area contributed by atoms with Gasteiger partial charge in [0.25, 0.3) is 0 Å². The molecule has 0 aliphatic rings. The lowest BCUT2D eigenvalue weighted by Gasteiger charge is -2.15.